The number of halogens is 1. The zero-order valence-corrected chi connectivity index (χ0v) is 9.66. The second-order valence-electron chi connectivity index (χ2n) is 3.10. The first kappa shape index (κ1) is 11.9. The lowest BCUT2D eigenvalue weighted by Crippen LogP contribution is -1.99. The smallest absolute Gasteiger partial charge is 0.271 e. The molecule has 15 heavy (non-hydrogen) atoms. The van der Waals surface area contributed by atoms with E-state index in [1.807, 2.05) is 0 Å². The van der Waals surface area contributed by atoms with Crippen LogP contribution in [0.5, 0.6) is 0 Å². The molecule has 1 aromatic rings. The Balaban J connectivity index is 3.09. The quantitative estimate of drug-likeness (QED) is 0.676. The summed E-state index contributed by atoms with van der Waals surface area (Å²) in [5.74, 6) is 0. The van der Waals surface area contributed by atoms with Crippen LogP contribution in [-0.4, -0.2) is 11.5 Å². The summed E-state index contributed by atoms with van der Waals surface area (Å²) in [6.07, 6.45) is 0.633. The largest absolute Gasteiger partial charge is 0.330 e. The standard InChI is InChI=1S/C10H11BrN2O2/c1-7(2-3-12)8-4-9(11)6-10(5-8)13(14)15/h4-6H,1-3,12H2. The number of nitro groups is 1. The number of benzene rings is 1. The van der Waals surface area contributed by atoms with Crippen LogP contribution in [0.4, 0.5) is 5.69 Å². The van der Waals surface area contributed by atoms with E-state index in [-0.39, 0.29) is 5.69 Å². The van der Waals surface area contributed by atoms with Crippen molar-refractivity contribution < 1.29 is 4.92 Å². The van der Waals surface area contributed by atoms with Crippen LogP contribution in [0.2, 0.25) is 0 Å². The minimum absolute atomic E-state index is 0.0533. The van der Waals surface area contributed by atoms with E-state index in [1.165, 1.54) is 12.1 Å². The Bertz CT molecular complexity index is 404. The second-order valence-corrected chi connectivity index (χ2v) is 4.01. The molecule has 0 aliphatic rings. The maximum atomic E-state index is 10.6. The molecule has 0 aromatic heterocycles. The zero-order valence-electron chi connectivity index (χ0n) is 8.07. The number of rotatable bonds is 4. The Morgan fingerprint density at radius 1 is 1.53 bits per heavy atom. The van der Waals surface area contributed by atoms with Gasteiger partial charge < -0.3 is 5.73 Å². The van der Waals surface area contributed by atoms with Crippen molar-refractivity contribution >= 4 is 27.2 Å². The second kappa shape index (κ2) is 5.04. The van der Waals surface area contributed by atoms with Gasteiger partial charge in [0.1, 0.15) is 0 Å². The van der Waals surface area contributed by atoms with Gasteiger partial charge in [-0.2, -0.15) is 0 Å². The molecule has 0 aliphatic carbocycles. The van der Waals surface area contributed by atoms with E-state index in [0.29, 0.717) is 17.4 Å². The number of hydrogen-bond acceptors (Lipinski definition) is 3. The van der Waals surface area contributed by atoms with Crippen molar-refractivity contribution in [2.24, 2.45) is 5.73 Å². The molecule has 0 atom stereocenters. The minimum Gasteiger partial charge on any atom is -0.330 e. The summed E-state index contributed by atoms with van der Waals surface area (Å²) in [5.41, 5.74) is 7.01. The molecule has 2 N–H and O–H groups in total. The molecule has 0 heterocycles. The summed E-state index contributed by atoms with van der Waals surface area (Å²) < 4.78 is 0.671. The molecule has 0 unspecified atom stereocenters. The van der Waals surface area contributed by atoms with Crippen molar-refractivity contribution in [1.29, 1.82) is 0 Å². The van der Waals surface area contributed by atoms with Crippen molar-refractivity contribution in [1.82, 2.24) is 0 Å². The summed E-state index contributed by atoms with van der Waals surface area (Å²) >= 11 is 3.22. The predicted molar refractivity (Wildman–Crippen MR) is 63.5 cm³/mol. The Morgan fingerprint density at radius 3 is 2.73 bits per heavy atom. The Morgan fingerprint density at radius 2 is 2.20 bits per heavy atom. The minimum atomic E-state index is -0.427. The van der Waals surface area contributed by atoms with E-state index < -0.39 is 4.92 Å². The predicted octanol–water partition coefficient (Wildman–Crippen LogP) is 2.72. The molecule has 80 valence electrons. The molecule has 5 heteroatoms. The lowest BCUT2D eigenvalue weighted by molar-refractivity contribution is -0.384. The number of nitrogens with zero attached hydrogens (tertiary/aromatic N) is 1. The third-order valence-corrected chi connectivity index (χ3v) is 2.41. The van der Waals surface area contributed by atoms with Crippen molar-refractivity contribution in [3.8, 4) is 0 Å². The van der Waals surface area contributed by atoms with Crippen LogP contribution in [0, 0.1) is 10.1 Å². The molecular weight excluding hydrogens is 260 g/mol. The van der Waals surface area contributed by atoms with E-state index in [0.717, 1.165) is 11.1 Å². The highest BCUT2D eigenvalue weighted by molar-refractivity contribution is 9.10. The number of nitro benzene ring substituents is 1. The van der Waals surface area contributed by atoms with Gasteiger partial charge in [0.25, 0.3) is 5.69 Å². The van der Waals surface area contributed by atoms with Crippen LogP contribution in [-0.2, 0) is 0 Å². The maximum absolute atomic E-state index is 10.6. The molecule has 0 fully saturated rings. The van der Waals surface area contributed by atoms with Gasteiger partial charge in [-0.05, 0) is 30.2 Å². The molecular formula is C10H11BrN2O2. The van der Waals surface area contributed by atoms with Crippen molar-refractivity contribution in [3.05, 3.63) is 44.9 Å². The molecule has 0 spiro atoms. The van der Waals surface area contributed by atoms with Crippen LogP contribution in [0.25, 0.3) is 5.57 Å². The number of nitrogens with two attached hydrogens (primary N) is 1. The molecule has 0 amide bonds. The molecule has 0 radical (unpaired) electrons. The van der Waals surface area contributed by atoms with Gasteiger partial charge in [-0.15, -0.1) is 0 Å². The van der Waals surface area contributed by atoms with Gasteiger partial charge in [-0.3, -0.25) is 10.1 Å². The van der Waals surface area contributed by atoms with Crippen molar-refractivity contribution in [2.45, 2.75) is 6.42 Å². The molecule has 0 saturated carbocycles. The van der Waals surface area contributed by atoms with E-state index in [4.69, 9.17) is 5.73 Å². The van der Waals surface area contributed by atoms with Crippen molar-refractivity contribution in [2.75, 3.05) is 6.54 Å². The van der Waals surface area contributed by atoms with E-state index in [9.17, 15) is 10.1 Å². The van der Waals surface area contributed by atoms with Crippen LogP contribution < -0.4 is 5.73 Å². The van der Waals surface area contributed by atoms with Gasteiger partial charge in [0.2, 0.25) is 0 Å². The third-order valence-electron chi connectivity index (χ3n) is 1.95. The van der Waals surface area contributed by atoms with E-state index in [2.05, 4.69) is 22.5 Å². The fraction of sp³-hybridized carbons (Fsp3) is 0.200. The van der Waals surface area contributed by atoms with Crippen molar-refractivity contribution in [3.63, 3.8) is 0 Å². The summed E-state index contributed by atoms with van der Waals surface area (Å²) in [7, 11) is 0. The first-order valence-electron chi connectivity index (χ1n) is 4.38. The summed E-state index contributed by atoms with van der Waals surface area (Å²) in [6, 6.07) is 4.76. The van der Waals surface area contributed by atoms with Gasteiger partial charge in [0.15, 0.2) is 0 Å². The lowest BCUT2D eigenvalue weighted by Gasteiger charge is -2.04. The van der Waals surface area contributed by atoms with E-state index >= 15 is 0 Å². The maximum Gasteiger partial charge on any atom is 0.271 e. The first-order chi connectivity index (χ1) is 7.04. The van der Waals surface area contributed by atoms with Gasteiger partial charge in [0.05, 0.1) is 4.92 Å². The number of non-ortho nitro benzene ring substituents is 1. The normalized spacial score (nSPS) is 10.0. The van der Waals surface area contributed by atoms with Crippen LogP contribution in [0.3, 0.4) is 0 Å². The fourth-order valence-electron chi connectivity index (χ4n) is 1.20. The SMILES string of the molecule is C=C(CCN)c1cc(Br)cc([N+](=O)[O-])c1. The van der Waals surface area contributed by atoms with Gasteiger partial charge in [-0.25, -0.2) is 0 Å². The van der Waals surface area contributed by atoms with Gasteiger partial charge >= 0.3 is 0 Å². The third kappa shape index (κ3) is 3.14. The van der Waals surface area contributed by atoms with Gasteiger partial charge in [-0.1, -0.05) is 22.5 Å². The molecule has 1 rings (SSSR count). The molecule has 1 aromatic carbocycles. The Kier molecular flexibility index (Phi) is 3.99. The topological polar surface area (TPSA) is 69.2 Å². The first-order valence-corrected chi connectivity index (χ1v) is 5.17. The molecule has 0 aliphatic heterocycles. The average Bonchev–Trinajstić information content (AvgIpc) is 2.17. The molecule has 4 nitrogen and oxygen atoms in total. The fourth-order valence-corrected chi connectivity index (χ4v) is 1.68. The zero-order chi connectivity index (χ0) is 11.4. The van der Waals surface area contributed by atoms with Gasteiger partial charge in [0, 0.05) is 16.6 Å². The highest BCUT2D eigenvalue weighted by Gasteiger charge is 2.09. The lowest BCUT2D eigenvalue weighted by atomic mass is 10.0. The summed E-state index contributed by atoms with van der Waals surface area (Å²) in [6.45, 7) is 4.32. The van der Waals surface area contributed by atoms with Crippen LogP contribution in [0.1, 0.15) is 12.0 Å². The number of hydrogen-bond donors (Lipinski definition) is 1. The van der Waals surface area contributed by atoms with Crippen LogP contribution >= 0.6 is 15.9 Å². The van der Waals surface area contributed by atoms with Crippen LogP contribution in [0.15, 0.2) is 29.3 Å². The molecule has 0 bridgehead atoms. The highest BCUT2D eigenvalue weighted by Crippen LogP contribution is 2.26. The summed E-state index contributed by atoms with van der Waals surface area (Å²) in [4.78, 5) is 10.2. The molecule has 0 saturated heterocycles. The highest BCUT2D eigenvalue weighted by atomic mass is 79.9. The Hall–Kier alpha value is -1.20. The monoisotopic (exact) mass is 270 g/mol. The average molecular weight is 271 g/mol. The van der Waals surface area contributed by atoms with E-state index in [1.54, 1.807) is 6.07 Å². The summed E-state index contributed by atoms with van der Waals surface area (Å²) in [5, 5.41) is 10.6. The Labute approximate surface area is 96.1 Å².